The summed E-state index contributed by atoms with van der Waals surface area (Å²) in [6.07, 6.45) is 11.3. The summed E-state index contributed by atoms with van der Waals surface area (Å²) >= 11 is 0. The minimum Gasteiger partial charge on any atom is -0.467 e. The Morgan fingerprint density at radius 3 is 2.39 bits per heavy atom. The Morgan fingerprint density at radius 2 is 1.78 bits per heavy atom. The van der Waals surface area contributed by atoms with Crippen LogP contribution in [-0.4, -0.2) is 43.9 Å². The number of unbranched alkanes of at least 4 members (excludes halogenated alkanes) is 7. The number of sulfonamides is 1. The Kier molecular flexibility index (Phi) is 9.21. The van der Waals surface area contributed by atoms with E-state index in [1.54, 1.807) is 6.21 Å². The average molecular weight is 346 g/mol. The summed E-state index contributed by atoms with van der Waals surface area (Å²) in [5, 5.41) is 3.92. The van der Waals surface area contributed by atoms with Crippen LogP contribution in [0.5, 0.6) is 0 Å². The second-order valence-corrected chi connectivity index (χ2v) is 7.92. The molecule has 6 nitrogen and oxygen atoms in total. The maximum absolute atomic E-state index is 12.4. The van der Waals surface area contributed by atoms with Crippen molar-refractivity contribution >= 4 is 22.2 Å². The lowest BCUT2D eigenvalue weighted by Gasteiger charge is -2.28. The molecule has 0 amide bonds. The number of hydrogen-bond donors (Lipinski definition) is 0. The van der Waals surface area contributed by atoms with Crippen LogP contribution in [0.3, 0.4) is 0 Å². The van der Waals surface area contributed by atoms with Crippen LogP contribution in [0.1, 0.15) is 71.1 Å². The van der Waals surface area contributed by atoms with E-state index in [0.29, 0.717) is 19.3 Å². The quantitative estimate of drug-likeness (QED) is 0.425. The highest BCUT2D eigenvalue weighted by molar-refractivity contribution is 7.89. The maximum atomic E-state index is 12.4. The lowest BCUT2D eigenvalue weighted by Crippen LogP contribution is -2.45. The van der Waals surface area contributed by atoms with E-state index in [1.807, 2.05) is 0 Å². The van der Waals surface area contributed by atoms with Gasteiger partial charge in [-0.2, -0.15) is 9.52 Å². The van der Waals surface area contributed by atoms with Gasteiger partial charge in [0, 0.05) is 6.21 Å². The topological polar surface area (TPSA) is 76.0 Å². The Balaban J connectivity index is 2.37. The summed E-state index contributed by atoms with van der Waals surface area (Å²) in [5.41, 5.74) is 0. The van der Waals surface area contributed by atoms with Crippen molar-refractivity contribution in [3.63, 3.8) is 0 Å². The van der Waals surface area contributed by atoms with Crippen molar-refractivity contribution in [1.29, 1.82) is 0 Å². The molecule has 1 aliphatic heterocycles. The average Bonchev–Trinajstić information content (AvgIpc) is 2.56. The fourth-order valence-corrected chi connectivity index (χ4v) is 4.23. The number of carbonyl (C=O) groups is 1. The van der Waals surface area contributed by atoms with Crippen molar-refractivity contribution < 1.29 is 17.9 Å². The lowest BCUT2D eigenvalue weighted by molar-refractivity contribution is -0.145. The largest absolute Gasteiger partial charge is 0.467 e. The van der Waals surface area contributed by atoms with Crippen molar-refractivity contribution in [2.24, 2.45) is 5.10 Å². The second-order valence-electron chi connectivity index (χ2n) is 5.98. The first-order valence-electron chi connectivity index (χ1n) is 8.65. The van der Waals surface area contributed by atoms with Gasteiger partial charge in [-0.1, -0.05) is 51.9 Å². The molecule has 0 saturated carbocycles. The molecule has 0 fully saturated rings. The number of hydrazone groups is 1. The third-order valence-corrected chi connectivity index (χ3v) is 5.77. The van der Waals surface area contributed by atoms with Crippen LogP contribution in [0, 0.1) is 0 Å². The van der Waals surface area contributed by atoms with E-state index in [9.17, 15) is 13.2 Å². The van der Waals surface area contributed by atoms with Gasteiger partial charge >= 0.3 is 5.97 Å². The van der Waals surface area contributed by atoms with Crippen LogP contribution in [-0.2, 0) is 19.6 Å². The van der Waals surface area contributed by atoms with E-state index in [4.69, 9.17) is 0 Å². The summed E-state index contributed by atoms with van der Waals surface area (Å²) in [5.74, 6) is -0.506. The first-order chi connectivity index (χ1) is 11.0. The molecule has 0 saturated heterocycles. The molecule has 23 heavy (non-hydrogen) atoms. The number of ether oxygens (including phenoxy) is 1. The summed E-state index contributed by atoms with van der Waals surface area (Å²) < 4.78 is 30.4. The zero-order valence-corrected chi connectivity index (χ0v) is 15.2. The molecule has 1 rings (SSSR count). The molecule has 0 bridgehead atoms. The number of nitrogens with zero attached hydrogens (tertiary/aromatic N) is 2. The zero-order chi connectivity index (χ0) is 17.1. The monoisotopic (exact) mass is 346 g/mol. The molecular formula is C16H30N2O4S. The molecule has 1 aliphatic rings. The van der Waals surface area contributed by atoms with Gasteiger partial charge in [0.05, 0.1) is 12.9 Å². The van der Waals surface area contributed by atoms with Crippen LogP contribution in [0.4, 0.5) is 0 Å². The standard InChI is InChI=1S/C16H30N2O4S/c1-3-4-5-6-7-8-9-10-14-23(20,21)18-15(16(19)22-2)12-11-13-17-18/h13,15H,3-12,14H2,1-2H3. The van der Waals surface area contributed by atoms with Crippen LogP contribution in [0.25, 0.3) is 0 Å². The summed E-state index contributed by atoms with van der Waals surface area (Å²) in [4.78, 5) is 11.7. The van der Waals surface area contributed by atoms with Crippen molar-refractivity contribution in [2.45, 2.75) is 77.2 Å². The number of carbonyl (C=O) groups excluding carboxylic acids is 1. The van der Waals surface area contributed by atoms with Crippen molar-refractivity contribution in [2.75, 3.05) is 12.9 Å². The van der Waals surface area contributed by atoms with Gasteiger partial charge in [-0.05, 0) is 19.3 Å². The van der Waals surface area contributed by atoms with Crippen LogP contribution in [0.2, 0.25) is 0 Å². The van der Waals surface area contributed by atoms with Gasteiger partial charge in [0.2, 0.25) is 0 Å². The number of rotatable bonds is 11. The van der Waals surface area contributed by atoms with Crippen LogP contribution in [0.15, 0.2) is 5.10 Å². The van der Waals surface area contributed by atoms with Crippen molar-refractivity contribution in [3.05, 3.63) is 0 Å². The van der Waals surface area contributed by atoms with Gasteiger partial charge in [-0.15, -0.1) is 0 Å². The Morgan fingerprint density at radius 1 is 1.17 bits per heavy atom. The minimum absolute atomic E-state index is 0.0345. The maximum Gasteiger partial charge on any atom is 0.331 e. The Hall–Kier alpha value is -1.11. The molecule has 0 spiro atoms. The number of methoxy groups -OCH3 is 1. The van der Waals surface area contributed by atoms with E-state index in [1.165, 1.54) is 32.8 Å². The van der Waals surface area contributed by atoms with Crippen LogP contribution >= 0.6 is 0 Å². The van der Waals surface area contributed by atoms with Crippen molar-refractivity contribution in [3.8, 4) is 0 Å². The number of hydrogen-bond acceptors (Lipinski definition) is 5. The summed E-state index contributed by atoms with van der Waals surface area (Å²) in [7, 11) is -2.29. The normalized spacial score (nSPS) is 18.2. The molecule has 1 heterocycles. The smallest absolute Gasteiger partial charge is 0.331 e. The van der Waals surface area contributed by atoms with Gasteiger partial charge in [0.25, 0.3) is 10.0 Å². The fourth-order valence-electron chi connectivity index (χ4n) is 2.68. The van der Waals surface area contributed by atoms with Gasteiger partial charge in [-0.25, -0.2) is 13.2 Å². The van der Waals surface area contributed by atoms with Gasteiger partial charge in [0.1, 0.15) is 0 Å². The summed E-state index contributed by atoms with van der Waals surface area (Å²) in [6.45, 7) is 2.19. The molecule has 0 aromatic carbocycles. The highest BCUT2D eigenvalue weighted by atomic mass is 32.2. The molecule has 0 aromatic heterocycles. The fraction of sp³-hybridized carbons (Fsp3) is 0.875. The minimum atomic E-state index is -3.55. The predicted octanol–water partition coefficient (Wildman–Crippen LogP) is 3.08. The Bertz CT molecular complexity index is 476. The molecule has 0 radical (unpaired) electrons. The van der Waals surface area contributed by atoms with Gasteiger partial charge < -0.3 is 4.74 Å². The third-order valence-electron chi connectivity index (χ3n) is 4.05. The SMILES string of the molecule is CCCCCCCCCCS(=O)(=O)N1N=CCCC1C(=O)OC. The van der Waals surface area contributed by atoms with Gasteiger partial charge in [0.15, 0.2) is 6.04 Å². The highest BCUT2D eigenvalue weighted by Gasteiger charge is 2.35. The third kappa shape index (κ3) is 6.89. The first kappa shape index (κ1) is 19.9. The molecule has 1 unspecified atom stereocenters. The number of esters is 1. The highest BCUT2D eigenvalue weighted by Crippen LogP contribution is 2.20. The molecule has 134 valence electrons. The molecule has 7 heteroatoms. The van der Waals surface area contributed by atoms with Crippen molar-refractivity contribution in [1.82, 2.24) is 4.41 Å². The molecule has 0 N–H and O–H groups in total. The van der Waals surface area contributed by atoms with E-state index >= 15 is 0 Å². The second kappa shape index (κ2) is 10.6. The first-order valence-corrected chi connectivity index (χ1v) is 10.3. The molecule has 1 atom stereocenters. The molecule has 0 aromatic rings. The van der Waals surface area contributed by atoms with E-state index < -0.39 is 22.0 Å². The summed E-state index contributed by atoms with van der Waals surface area (Å²) in [6, 6.07) is -0.816. The van der Waals surface area contributed by atoms with Gasteiger partial charge in [-0.3, -0.25) is 0 Å². The molecular weight excluding hydrogens is 316 g/mol. The van der Waals surface area contributed by atoms with E-state index in [0.717, 1.165) is 23.7 Å². The van der Waals surface area contributed by atoms with E-state index in [-0.39, 0.29) is 5.75 Å². The van der Waals surface area contributed by atoms with Crippen LogP contribution < -0.4 is 0 Å². The Labute approximate surface area is 140 Å². The zero-order valence-electron chi connectivity index (χ0n) is 14.4. The van der Waals surface area contributed by atoms with E-state index in [2.05, 4.69) is 16.8 Å². The molecule has 0 aliphatic carbocycles. The predicted molar refractivity (Wildman–Crippen MR) is 91.8 cm³/mol. The lowest BCUT2D eigenvalue weighted by atomic mass is 10.1.